The minimum Gasteiger partial charge on any atom is -0.343 e. The molecule has 0 fully saturated rings. The van der Waals surface area contributed by atoms with Gasteiger partial charge in [-0.3, -0.25) is 0 Å². The number of H-pyrrole nitrogens is 1. The fourth-order valence-corrected chi connectivity index (χ4v) is 1.77. The molecule has 1 heterocycles. The van der Waals surface area contributed by atoms with Gasteiger partial charge in [-0.15, -0.1) is 11.8 Å². The van der Waals surface area contributed by atoms with Crippen LogP contribution in [0.25, 0.3) is 11.3 Å². The normalized spacial score (nSPS) is 9.87. The van der Waals surface area contributed by atoms with E-state index in [1.807, 2.05) is 30.5 Å². The average molecular weight is 215 g/mol. The van der Waals surface area contributed by atoms with Crippen molar-refractivity contribution >= 4 is 11.8 Å². The molecule has 0 radical (unpaired) electrons. The Balaban J connectivity index is 2.42. The predicted octanol–water partition coefficient (Wildman–Crippen LogP) is 2.67. The molecule has 2 rings (SSSR count). The fraction of sp³-hybridized carbons (Fsp3) is 0.0909. The van der Waals surface area contributed by atoms with Gasteiger partial charge in [0, 0.05) is 10.5 Å². The lowest BCUT2D eigenvalue weighted by molar-refractivity contribution is 1.29. The summed E-state index contributed by atoms with van der Waals surface area (Å²) in [5.41, 5.74) is 2.21. The Bertz CT molecular complexity index is 493. The predicted molar refractivity (Wildman–Crippen MR) is 60.5 cm³/mol. The molecule has 0 saturated carbocycles. The first-order valence-corrected chi connectivity index (χ1v) is 5.65. The summed E-state index contributed by atoms with van der Waals surface area (Å²) >= 11 is 1.69. The first-order valence-electron chi connectivity index (χ1n) is 4.43. The van der Waals surface area contributed by atoms with E-state index in [1.54, 1.807) is 11.8 Å². The lowest BCUT2D eigenvalue weighted by Crippen LogP contribution is -1.82. The number of benzene rings is 1. The van der Waals surface area contributed by atoms with Gasteiger partial charge in [-0.1, -0.05) is 12.1 Å². The maximum absolute atomic E-state index is 8.83. The van der Waals surface area contributed by atoms with Gasteiger partial charge in [0.05, 0.1) is 12.0 Å². The van der Waals surface area contributed by atoms with E-state index >= 15 is 0 Å². The number of aromatic amines is 1. The molecule has 2 aromatic rings. The van der Waals surface area contributed by atoms with E-state index < -0.39 is 0 Å². The van der Waals surface area contributed by atoms with Crippen LogP contribution < -0.4 is 0 Å². The van der Waals surface area contributed by atoms with Crippen molar-refractivity contribution in [2.45, 2.75) is 4.90 Å². The van der Waals surface area contributed by atoms with Crippen molar-refractivity contribution in [1.29, 1.82) is 5.26 Å². The second kappa shape index (κ2) is 4.20. The maximum Gasteiger partial charge on any atom is 0.166 e. The van der Waals surface area contributed by atoms with E-state index in [9.17, 15) is 0 Å². The minimum atomic E-state index is 0.437. The molecule has 74 valence electrons. The van der Waals surface area contributed by atoms with Crippen molar-refractivity contribution < 1.29 is 0 Å². The summed E-state index contributed by atoms with van der Waals surface area (Å²) in [7, 11) is 0. The van der Waals surface area contributed by atoms with Crippen LogP contribution in [0.5, 0.6) is 0 Å². The topological polar surface area (TPSA) is 52.5 Å². The highest BCUT2D eigenvalue weighted by Crippen LogP contribution is 2.23. The number of hydrogen-bond donors (Lipinski definition) is 1. The van der Waals surface area contributed by atoms with E-state index in [-0.39, 0.29) is 0 Å². The van der Waals surface area contributed by atoms with Gasteiger partial charge in [0.2, 0.25) is 0 Å². The van der Waals surface area contributed by atoms with Gasteiger partial charge in [0.15, 0.2) is 5.69 Å². The average Bonchev–Trinajstić information content (AvgIpc) is 2.77. The number of aromatic nitrogens is 2. The largest absolute Gasteiger partial charge is 0.343 e. The zero-order valence-electron chi connectivity index (χ0n) is 8.19. The first kappa shape index (κ1) is 9.81. The molecule has 0 aliphatic rings. The lowest BCUT2D eigenvalue weighted by Gasteiger charge is -1.99. The molecule has 0 amide bonds. The third-order valence-corrected chi connectivity index (χ3v) is 2.87. The Morgan fingerprint density at radius 2 is 2.07 bits per heavy atom. The van der Waals surface area contributed by atoms with Crippen molar-refractivity contribution in [2.24, 2.45) is 0 Å². The number of thioether (sulfide) groups is 1. The molecule has 0 bridgehead atoms. The number of nitriles is 1. The summed E-state index contributed by atoms with van der Waals surface area (Å²) in [5, 5.41) is 8.83. The highest BCUT2D eigenvalue weighted by Gasteiger charge is 2.06. The van der Waals surface area contributed by atoms with Gasteiger partial charge in [-0.2, -0.15) is 5.26 Å². The Hall–Kier alpha value is -1.73. The Morgan fingerprint density at radius 3 is 2.67 bits per heavy atom. The molecule has 0 aliphatic heterocycles. The Morgan fingerprint density at radius 1 is 1.33 bits per heavy atom. The van der Waals surface area contributed by atoms with Crippen LogP contribution >= 0.6 is 11.8 Å². The molecule has 0 unspecified atom stereocenters. The van der Waals surface area contributed by atoms with E-state index in [2.05, 4.69) is 16.0 Å². The quantitative estimate of drug-likeness (QED) is 0.783. The summed E-state index contributed by atoms with van der Waals surface area (Å²) < 4.78 is 0. The molecule has 15 heavy (non-hydrogen) atoms. The van der Waals surface area contributed by atoms with Gasteiger partial charge >= 0.3 is 0 Å². The highest BCUT2D eigenvalue weighted by atomic mass is 32.2. The maximum atomic E-state index is 8.83. The van der Waals surface area contributed by atoms with E-state index in [0.29, 0.717) is 5.69 Å². The second-order valence-corrected chi connectivity index (χ2v) is 3.85. The SMILES string of the molecule is CSc1ccc(-c2[nH]cnc2C#N)cc1. The third kappa shape index (κ3) is 1.88. The smallest absolute Gasteiger partial charge is 0.166 e. The minimum absolute atomic E-state index is 0.437. The summed E-state index contributed by atoms with van der Waals surface area (Å²) in [6, 6.07) is 10.1. The zero-order valence-corrected chi connectivity index (χ0v) is 9.01. The molecule has 0 aliphatic carbocycles. The van der Waals surface area contributed by atoms with Crippen molar-refractivity contribution in [3.05, 3.63) is 36.3 Å². The molecule has 4 heteroatoms. The van der Waals surface area contributed by atoms with Crippen LogP contribution in [0.15, 0.2) is 35.5 Å². The number of imidazole rings is 1. The molecule has 1 aromatic carbocycles. The van der Waals surface area contributed by atoms with Crippen LogP contribution in [0.4, 0.5) is 0 Å². The summed E-state index contributed by atoms with van der Waals surface area (Å²) in [6.07, 6.45) is 3.57. The van der Waals surface area contributed by atoms with Crippen molar-refractivity contribution in [1.82, 2.24) is 9.97 Å². The number of nitrogens with zero attached hydrogens (tertiary/aromatic N) is 2. The summed E-state index contributed by atoms with van der Waals surface area (Å²) in [5.74, 6) is 0. The number of nitrogens with one attached hydrogen (secondary N) is 1. The lowest BCUT2D eigenvalue weighted by atomic mass is 10.1. The summed E-state index contributed by atoms with van der Waals surface area (Å²) in [4.78, 5) is 8.11. The molecular formula is C11H9N3S. The first-order chi connectivity index (χ1) is 7.35. The van der Waals surface area contributed by atoms with Crippen molar-refractivity contribution in [3.63, 3.8) is 0 Å². The molecule has 0 spiro atoms. The van der Waals surface area contributed by atoms with Gasteiger partial charge in [0.25, 0.3) is 0 Å². The van der Waals surface area contributed by atoms with Crippen LogP contribution in [0, 0.1) is 11.3 Å². The van der Waals surface area contributed by atoms with Gasteiger partial charge in [-0.05, 0) is 18.4 Å². The summed E-state index contributed by atoms with van der Waals surface area (Å²) in [6.45, 7) is 0. The molecule has 0 atom stereocenters. The van der Waals surface area contributed by atoms with E-state index in [0.717, 1.165) is 11.3 Å². The third-order valence-electron chi connectivity index (χ3n) is 2.12. The zero-order chi connectivity index (χ0) is 10.7. The number of rotatable bonds is 2. The van der Waals surface area contributed by atoms with Gasteiger partial charge < -0.3 is 4.98 Å². The Labute approximate surface area is 92.2 Å². The molecular weight excluding hydrogens is 206 g/mol. The monoisotopic (exact) mass is 215 g/mol. The van der Waals surface area contributed by atoms with Crippen LogP contribution in [-0.4, -0.2) is 16.2 Å². The van der Waals surface area contributed by atoms with Crippen LogP contribution in [-0.2, 0) is 0 Å². The standard InChI is InChI=1S/C11H9N3S/c1-15-9-4-2-8(3-5-9)11-10(6-12)13-7-14-11/h2-5,7H,1H3,(H,13,14). The fourth-order valence-electron chi connectivity index (χ4n) is 1.36. The molecule has 1 aromatic heterocycles. The van der Waals surface area contributed by atoms with Crippen molar-refractivity contribution in [2.75, 3.05) is 6.26 Å². The van der Waals surface area contributed by atoms with Crippen LogP contribution in [0.1, 0.15) is 5.69 Å². The molecule has 1 N–H and O–H groups in total. The molecule has 3 nitrogen and oxygen atoms in total. The number of hydrogen-bond acceptors (Lipinski definition) is 3. The van der Waals surface area contributed by atoms with Crippen molar-refractivity contribution in [3.8, 4) is 17.3 Å². The van der Waals surface area contributed by atoms with Gasteiger partial charge in [-0.25, -0.2) is 4.98 Å². The van der Waals surface area contributed by atoms with Crippen LogP contribution in [0.3, 0.4) is 0 Å². The van der Waals surface area contributed by atoms with E-state index in [1.165, 1.54) is 11.2 Å². The van der Waals surface area contributed by atoms with Gasteiger partial charge in [0.1, 0.15) is 6.07 Å². The molecule has 0 saturated heterocycles. The Kier molecular flexibility index (Phi) is 2.75. The second-order valence-electron chi connectivity index (χ2n) is 2.97. The van der Waals surface area contributed by atoms with E-state index in [4.69, 9.17) is 5.26 Å². The van der Waals surface area contributed by atoms with Crippen LogP contribution in [0.2, 0.25) is 0 Å². The highest BCUT2D eigenvalue weighted by molar-refractivity contribution is 7.98.